The molecule has 3 heterocycles. The molecule has 8 heteroatoms. The number of hydrogen-bond acceptors (Lipinski definition) is 5. The zero-order chi connectivity index (χ0) is 25.1. The van der Waals surface area contributed by atoms with E-state index in [1.807, 2.05) is 38.5 Å². The Labute approximate surface area is 212 Å². The highest BCUT2D eigenvalue weighted by Gasteiger charge is 2.41. The van der Waals surface area contributed by atoms with Gasteiger partial charge in [-0.1, -0.05) is 6.07 Å². The van der Waals surface area contributed by atoms with E-state index in [1.165, 1.54) is 12.7 Å². The first-order valence-electron chi connectivity index (χ1n) is 11.8. The van der Waals surface area contributed by atoms with Gasteiger partial charge in [-0.2, -0.15) is 0 Å². The second kappa shape index (κ2) is 10.5. The quantitative estimate of drug-likeness (QED) is 0.368. The average Bonchev–Trinajstić information content (AvgIpc) is 3.34. The molecule has 2 atom stereocenters. The predicted octanol–water partition coefficient (Wildman–Crippen LogP) is 4.48. The highest BCUT2D eigenvalue weighted by Crippen LogP contribution is 2.41. The van der Waals surface area contributed by atoms with Crippen LogP contribution in [0.5, 0.6) is 0 Å². The van der Waals surface area contributed by atoms with E-state index in [1.54, 1.807) is 0 Å². The zero-order valence-electron chi connectivity index (χ0n) is 21.0. The van der Waals surface area contributed by atoms with Crippen molar-refractivity contribution in [1.29, 1.82) is 0 Å². The van der Waals surface area contributed by atoms with Crippen LogP contribution in [0.2, 0.25) is 0 Å². The third-order valence-corrected chi connectivity index (χ3v) is 6.97. The first kappa shape index (κ1) is 24.7. The lowest BCUT2D eigenvalue weighted by atomic mass is 9.96. The Bertz CT molecular complexity index is 1190. The zero-order valence-corrected chi connectivity index (χ0v) is 21.8. The Balaban J connectivity index is 1.73. The molecule has 35 heavy (non-hydrogen) atoms. The number of methoxy groups -OCH3 is 1. The highest BCUT2D eigenvalue weighted by atomic mass is 32.1. The average molecular weight is 492 g/mol. The van der Waals surface area contributed by atoms with Crippen molar-refractivity contribution < 1.29 is 9.53 Å². The molecular weight excluding hydrogens is 458 g/mol. The minimum Gasteiger partial charge on any atom is -0.469 e. The van der Waals surface area contributed by atoms with E-state index in [-0.39, 0.29) is 18.1 Å². The van der Waals surface area contributed by atoms with Crippen molar-refractivity contribution in [3.8, 4) is 5.69 Å². The lowest BCUT2D eigenvalue weighted by molar-refractivity contribution is -0.140. The molecule has 1 N–H and O–H groups in total. The molecular formula is C27H33N5O2S. The Morgan fingerprint density at radius 3 is 2.54 bits per heavy atom. The topological polar surface area (TPSA) is 62.6 Å². The summed E-state index contributed by atoms with van der Waals surface area (Å²) in [5.41, 5.74) is 6.74. The number of ether oxygens (including phenoxy) is 1. The van der Waals surface area contributed by atoms with Crippen molar-refractivity contribution in [1.82, 2.24) is 19.8 Å². The van der Waals surface area contributed by atoms with Crippen LogP contribution < -0.4 is 10.2 Å². The summed E-state index contributed by atoms with van der Waals surface area (Å²) in [6, 6.07) is 16.6. The fraction of sp³-hybridized carbons (Fsp3) is 0.370. The Morgan fingerprint density at radius 1 is 1.17 bits per heavy atom. The number of nitrogens with zero attached hydrogens (tertiary/aromatic N) is 4. The van der Waals surface area contributed by atoms with Gasteiger partial charge in [0.1, 0.15) is 0 Å². The van der Waals surface area contributed by atoms with Crippen LogP contribution in [0.3, 0.4) is 0 Å². The van der Waals surface area contributed by atoms with Crippen molar-refractivity contribution in [2.45, 2.75) is 38.8 Å². The number of anilines is 1. The van der Waals surface area contributed by atoms with Gasteiger partial charge in [0.15, 0.2) is 5.11 Å². The molecule has 0 spiro atoms. The molecule has 1 aliphatic heterocycles. The molecule has 2 aromatic heterocycles. The number of pyridine rings is 1. The normalized spacial score (nSPS) is 17.4. The molecule has 1 aliphatic rings. The molecule has 3 aromatic rings. The smallest absolute Gasteiger partial charge is 0.305 e. The summed E-state index contributed by atoms with van der Waals surface area (Å²) in [5, 5.41) is 4.18. The van der Waals surface area contributed by atoms with Crippen molar-refractivity contribution >= 4 is 29.0 Å². The van der Waals surface area contributed by atoms with Gasteiger partial charge >= 0.3 is 5.97 Å². The summed E-state index contributed by atoms with van der Waals surface area (Å²) in [7, 11) is 5.51. The van der Waals surface area contributed by atoms with Gasteiger partial charge in [0.2, 0.25) is 0 Å². The maximum absolute atomic E-state index is 11.7. The number of aromatic nitrogens is 2. The van der Waals surface area contributed by atoms with E-state index in [0.29, 0.717) is 24.5 Å². The van der Waals surface area contributed by atoms with Crippen molar-refractivity contribution in [3.05, 3.63) is 77.4 Å². The van der Waals surface area contributed by atoms with E-state index in [2.05, 4.69) is 68.8 Å². The third kappa shape index (κ3) is 5.03. The largest absolute Gasteiger partial charge is 0.469 e. The molecule has 1 aromatic carbocycles. The van der Waals surface area contributed by atoms with E-state index < -0.39 is 0 Å². The van der Waals surface area contributed by atoms with Crippen LogP contribution in [0.4, 0.5) is 5.69 Å². The molecule has 0 aliphatic carbocycles. The lowest BCUT2D eigenvalue weighted by Crippen LogP contribution is -2.31. The van der Waals surface area contributed by atoms with Gasteiger partial charge in [0, 0.05) is 56.0 Å². The van der Waals surface area contributed by atoms with Crippen LogP contribution in [0.15, 0.2) is 54.7 Å². The monoisotopic (exact) mass is 491 g/mol. The van der Waals surface area contributed by atoms with E-state index in [9.17, 15) is 4.79 Å². The third-order valence-electron chi connectivity index (χ3n) is 6.62. The van der Waals surface area contributed by atoms with Crippen LogP contribution in [-0.2, 0) is 9.53 Å². The molecule has 4 rings (SSSR count). The van der Waals surface area contributed by atoms with Crippen LogP contribution >= 0.6 is 12.2 Å². The SMILES string of the molecule is COC(=O)CCCN1C(=S)NC(c2ccccn2)C1c1cc(C)n(-c2ccc(N(C)C)cc2)c1C. The summed E-state index contributed by atoms with van der Waals surface area (Å²) in [6.45, 7) is 4.94. The molecule has 7 nitrogen and oxygen atoms in total. The molecule has 1 saturated heterocycles. The van der Waals surface area contributed by atoms with Crippen molar-refractivity contribution in [2.24, 2.45) is 0 Å². The Morgan fingerprint density at radius 2 is 1.91 bits per heavy atom. The van der Waals surface area contributed by atoms with Crippen molar-refractivity contribution in [3.63, 3.8) is 0 Å². The van der Waals surface area contributed by atoms with Gasteiger partial charge in [0.05, 0.1) is 24.9 Å². The predicted molar refractivity (Wildman–Crippen MR) is 143 cm³/mol. The maximum Gasteiger partial charge on any atom is 0.305 e. The summed E-state index contributed by atoms with van der Waals surface area (Å²) in [6.07, 6.45) is 2.82. The summed E-state index contributed by atoms with van der Waals surface area (Å²) >= 11 is 5.78. The standard InChI is InChI=1S/C27H33N5O2S/c1-18-17-22(19(2)32(18)21-13-11-20(12-14-21)30(3)4)26-25(23-9-6-7-15-28-23)29-27(35)31(26)16-8-10-24(33)34-5/h6-7,9,11-15,17,25-26H,8,10,16H2,1-5H3,(H,29,35). The first-order valence-corrected chi connectivity index (χ1v) is 12.2. The summed E-state index contributed by atoms with van der Waals surface area (Å²) in [4.78, 5) is 20.6. The number of carbonyl (C=O) groups excluding carboxylic acids is 1. The molecule has 0 saturated carbocycles. The molecule has 2 unspecified atom stereocenters. The molecule has 184 valence electrons. The van der Waals surface area contributed by atoms with Crippen LogP contribution in [0, 0.1) is 13.8 Å². The van der Waals surface area contributed by atoms with Gasteiger partial charge < -0.3 is 24.4 Å². The first-order chi connectivity index (χ1) is 16.8. The number of thiocarbonyl (C=S) groups is 1. The second-order valence-corrected chi connectivity index (χ2v) is 9.46. The van der Waals surface area contributed by atoms with Gasteiger partial charge in [-0.15, -0.1) is 0 Å². The second-order valence-electron chi connectivity index (χ2n) is 9.07. The number of esters is 1. The fourth-order valence-corrected chi connectivity index (χ4v) is 5.20. The Hall–Kier alpha value is -3.39. The van der Waals surface area contributed by atoms with E-state index >= 15 is 0 Å². The fourth-order valence-electron chi connectivity index (χ4n) is 4.86. The van der Waals surface area contributed by atoms with Crippen LogP contribution in [-0.4, -0.2) is 53.3 Å². The van der Waals surface area contributed by atoms with Gasteiger partial charge in [-0.05, 0) is 80.5 Å². The highest BCUT2D eigenvalue weighted by molar-refractivity contribution is 7.80. The summed E-state index contributed by atoms with van der Waals surface area (Å²) < 4.78 is 7.12. The number of carbonyl (C=O) groups is 1. The van der Waals surface area contributed by atoms with E-state index in [0.717, 1.165) is 28.5 Å². The van der Waals surface area contributed by atoms with E-state index in [4.69, 9.17) is 17.0 Å². The summed E-state index contributed by atoms with van der Waals surface area (Å²) in [5.74, 6) is -0.208. The minimum absolute atomic E-state index is 0.0453. The lowest BCUT2D eigenvalue weighted by Gasteiger charge is -2.28. The number of aryl methyl sites for hydroxylation is 1. The van der Waals surface area contributed by atoms with Gasteiger partial charge in [-0.3, -0.25) is 9.78 Å². The molecule has 1 fully saturated rings. The maximum atomic E-state index is 11.7. The minimum atomic E-state index is -0.208. The molecule has 0 radical (unpaired) electrons. The van der Waals surface area contributed by atoms with Crippen molar-refractivity contribution in [2.75, 3.05) is 32.6 Å². The number of hydrogen-bond donors (Lipinski definition) is 1. The van der Waals surface area contributed by atoms with Gasteiger partial charge in [0.25, 0.3) is 0 Å². The molecule has 0 bridgehead atoms. The number of rotatable bonds is 8. The number of nitrogens with one attached hydrogen (secondary N) is 1. The number of benzene rings is 1. The molecule has 0 amide bonds. The van der Waals surface area contributed by atoms with Crippen LogP contribution in [0.25, 0.3) is 5.69 Å². The van der Waals surface area contributed by atoms with Crippen LogP contribution in [0.1, 0.15) is 47.6 Å². The van der Waals surface area contributed by atoms with Gasteiger partial charge in [-0.25, -0.2) is 0 Å². The Kier molecular flexibility index (Phi) is 7.40.